The second-order valence-electron chi connectivity index (χ2n) is 3.67. The Balaban J connectivity index is 2.17. The number of aromatic nitrogens is 3. The molecule has 0 spiro atoms. The van der Waals surface area contributed by atoms with Gasteiger partial charge in [-0.2, -0.15) is 0 Å². The molecule has 1 N–H and O–H groups in total. The second-order valence-corrected chi connectivity index (χ2v) is 4.49. The summed E-state index contributed by atoms with van der Waals surface area (Å²) >= 11 is 11.3. The fourth-order valence-corrected chi connectivity index (χ4v) is 2.20. The third-order valence-corrected chi connectivity index (χ3v) is 3.11. The van der Waals surface area contributed by atoms with Crippen molar-refractivity contribution >= 4 is 34.9 Å². The highest BCUT2D eigenvalue weighted by molar-refractivity contribution is 7.71. The van der Waals surface area contributed by atoms with Gasteiger partial charge in [0.05, 0.1) is 17.6 Å². The molecule has 2 aromatic heterocycles. The van der Waals surface area contributed by atoms with Crippen molar-refractivity contribution in [3.8, 4) is 0 Å². The average Bonchev–Trinajstić information content (AvgIpc) is 2.90. The minimum absolute atomic E-state index is 0.565. The number of H-pyrrole nitrogens is 1. The minimum atomic E-state index is 0.565. The Hall–Kier alpha value is -1.59. The number of hydrogen-bond donors (Lipinski definition) is 1. The average molecular weight is 266 g/mol. The molecule has 0 unspecified atom stereocenters. The number of halogens is 1. The molecule has 0 aliphatic carbocycles. The predicted octanol–water partition coefficient (Wildman–Crippen LogP) is 3.39. The number of fused-ring (bicyclic) bond motifs is 1. The number of benzene rings is 1. The summed E-state index contributed by atoms with van der Waals surface area (Å²) in [5.74, 6) is 0. The van der Waals surface area contributed by atoms with Gasteiger partial charge in [-0.25, -0.2) is 0 Å². The van der Waals surface area contributed by atoms with E-state index in [4.69, 9.17) is 28.3 Å². The van der Waals surface area contributed by atoms with Crippen LogP contribution in [0.1, 0.15) is 5.69 Å². The Bertz CT molecular complexity index is 714. The third-order valence-electron chi connectivity index (χ3n) is 2.55. The lowest BCUT2D eigenvalue weighted by Crippen LogP contribution is -1.99. The Morgan fingerprint density at radius 1 is 1.41 bits per heavy atom. The molecular formula is C11H8ClN3OS. The summed E-state index contributed by atoms with van der Waals surface area (Å²) in [6.07, 6.45) is 1.54. The van der Waals surface area contributed by atoms with Gasteiger partial charge in [0.2, 0.25) is 0 Å². The summed E-state index contributed by atoms with van der Waals surface area (Å²) in [5.41, 5.74) is 2.75. The molecule has 0 saturated carbocycles. The van der Waals surface area contributed by atoms with Crippen molar-refractivity contribution in [2.24, 2.45) is 0 Å². The van der Waals surface area contributed by atoms with Crippen LogP contribution in [0.15, 0.2) is 35.1 Å². The molecule has 17 heavy (non-hydrogen) atoms. The molecule has 0 amide bonds. The first-order valence-corrected chi connectivity index (χ1v) is 5.80. The minimum Gasteiger partial charge on any atom is -0.364 e. The zero-order valence-electron chi connectivity index (χ0n) is 8.68. The highest BCUT2D eigenvalue weighted by atomic mass is 35.5. The normalized spacial score (nSPS) is 11.1. The molecule has 6 heteroatoms. The first-order chi connectivity index (χ1) is 8.24. The van der Waals surface area contributed by atoms with Gasteiger partial charge >= 0.3 is 0 Å². The van der Waals surface area contributed by atoms with E-state index in [-0.39, 0.29) is 0 Å². The van der Waals surface area contributed by atoms with Gasteiger partial charge in [-0.15, -0.1) is 0 Å². The largest absolute Gasteiger partial charge is 0.364 e. The molecule has 3 aromatic rings. The van der Waals surface area contributed by atoms with E-state index in [0.29, 0.717) is 16.3 Å². The summed E-state index contributed by atoms with van der Waals surface area (Å²) in [5, 5.41) is 4.55. The van der Waals surface area contributed by atoms with E-state index in [1.54, 1.807) is 6.26 Å². The van der Waals surface area contributed by atoms with E-state index in [9.17, 15) is 0 Å². The Kier molecular flexibility index (Phi) is 2.49. The maximum atomic E-state index is 5.99. The lowest BCUT2D eigenvalue weighted by atomic mass is 10.3. The number of nitrogens with zero attached hydrogens (tertiary/aromatic N) is 2. The second kappa shape index (κ2) is 4.01. The summed E-state index contributed by atoms with van der Waals surface area (Å²) in [6.45, 7) is 0.565. The molecule has 86 valence electrons. The highest BCUT2D eigenvalue weighted by Gasteiger charge is 2.07. The van der Waals surface area contributed by atoms with Gasteiger partial charge in [-0.3, -0.25) is 0 Å². The topological polar surface area (TPSA) is 46.8 Å². The Morgan fingerprint density at radius 2 is 2.29 bits per heavy atom. The maximum Gasteiger partial charge on any atom is 0.178 e. The molecule has 0 saturated heterocycles. The summed E-state index contributed by atoms with van der Waals surface area (Å²) in [4.78, 5) is 3.13. The summed E-state index contributed by atoms with van der Waals surface area (Å²) < 4.78 is 7.39. The molecule has 0 radical (unpaired) electrons. The predicted molar refractivity (Wildman–Crippen MR) is 67.7 cm³/mol. The van der Waals surface area contributed by atoms with Crippen LogP contribution in [0.4, 0.5) is 0 Å². The van der Waals surface area contributed by atoms with Crippen LogP contribution < -0.4 is 0 Å². The van der Waals surface area contributed by atoms with Crippen molar-refractivity contribution < 1.29 is 4.52 Å². The van der Waals surface area contributed by atoms with Crippen LogP contribution in [0.5, 0.6) is 0 Å². The van der Waals surface area contributed by atoms with Crippen molar-refractivity contribution in [2.45, 2.75) is 6.54 Å². The first kappa shape index (κ1) is 10.6. The van der Waals surface area contributed by atoms with Crippen LogP contribution >= 0.6 is 23.8 Å². The number of imidazole rings is 1. The van der Waals surface area contributed by atoms with Gasteiger partial charge in [-0.05, 0) is 30.4 Å². The fourth-order valence-electron chi connectivity index (χ4n) is 1.76. The quantitative estimate of drug-likeness (QED) is 0.723. The molecule has 0 aliphatic heterocycles. The highest BCUT2D eigenvalue weighted by Crippen LogP contribution is 2.20. The molecule has 2 heterocycles. The van der Waals surface area contributed by atoms with E-state index in [2.05, 4.69) is 10.1 Å². The summed E-state index contributed by atoms with van der Waals surface area (Å²) in [7, 11) is 0. The van der Waals surface area contributed by atoms with Crippen molar-refractivity contribution in [2.75, 3.05) is 0 Å². The van der Waals surface area contributed by atoms with Crippen molar-refractivity contribution in [1.29, 1.82) is 0 Å². The molecule has 3 rings (SSSR count). The van der Waals surface area contributed by atoms with Gasteiger partial charge in [0.1, 0.15) is 12.0 Å². The molecule has 0 bridgehead atoms. The Morgan fingerprint density at radius 3 is 3.06 bits per heavy atom. The van der Waals surface area contributed by atoms with Gasteiger partial charge in [0.15, 0.2) is 4.77 Å². The lowest BCUT2D eigenvalue weighted by Gasteiger charge is -2.01. The third kappa shape index (κ3) is 1.87. The van der Waals surface area contributed by atoms with E-state index < -0.39 is 0 Å². The monoisotopic (exact) mass is 265 g/mol. The van der Waals surface area contributed by atoms with E-state index in [0.717, 1.165) is 16.7 Å². The number of aromatic amines is 1. The first-order valence-electron chi connectivity index (χ1n) is 5.01. The number of rotatable bonds is 2. The van der Waals surface area contributed by atoms with Crippen LogP contribution in [0.3, 0.4) is 0 Å². The standard InChI is InChI=1S/C11H8ClN3OS/c12-7-1-2-9-10(5-7)15(11(17)13-9)6-8-3-4-16-14-8/h1-5H,6H2,(H,13,17). The number of hydrogen-bond acceptors (Lipinski definition) is 3. The molecular weight excluding hydrogens is 258 g/mol. The van der Waals surface area contributed by atoms with E-state index in [1.807, 2.05) is 28.8 Å². The fraction of sp³-hybridized carbons (Fsp3) is 0.0909. The zero-order chi connectivity index (χ0) is 11.8. The molecule has 1 aromatic carbocycles. The SMILES string of the molecule is S=c1[nH]c2ccc(Cl)cc2n1Cc1ccon1. The lowest BCUT2D eigenvalue weighted by molar-refractivity contribution is 0.410. The van der Waals surface area contributed by atoms with Crippen LogP contribution in [0, 0.1) is 4.77 Å². The molecule has 0 aliphatic rings. The van der Waals surface area contributed by atoms with Crippen molar-refractivity contribution in [1.82, 2.24) is 14.7 Å². The summed E-state index contributed by atoms with van der Waals surface area (Å²) in [6, 6.07) is 7.43. The van der Waals surface area contributed by atoms with Crippen LogP contribution in [-0.4, -0.2) is 14.7 Å². The van der Waals surface area contributed by atoms with Crippen LogP contribution in [-0.2, 0) is 6.54 Å². The van der Waals surface area contributed by atoms with Gasteiger partial charge in [0.25, 0.3) is 0 Å². The molecule has 4 nitrogen and oxygen atoms in total. The smallest absolute Gasteiger partial charge is 0.178 e. The van der Waals surface area contributed by atoms with Crippen LogP contribution in [0.25, 0.3) is 11.0 Å². The molecule has 0 fully saturated rings. The van der Waals surface area contributed by atoms with Crippen molar-refractivity contribution in [3.63, 3.8) is 0 Å². The zero-order valence-corrected chi connectivity index (χ0v) is 10.3. The number of nitrogens with one attached hydrogen (secondary N) is 1. The van der Waals surface area contributed by atoms with Crippen LogP contribution in [0.2, 0.25) is 5.02 Å². The maximum absolute atomic E-state index is 5.99. The van der Waals surface area contributed by atoms with E-state index >= 15 is 0 Å². The van der Waals surface area contributed by atoms with Gasteiger partial charge in [-0.1, -0.05) is 16.8 Å². The molecule has 0 atom stereocenters. The Labute approximate surface area is 107 Å². The van der Waals surface area contributed by atoms with Crippen molar-refractivity contribution in [3.05, 3.63) is 46.0 Å². The van der Waals surface area contributed by atoms with Gasteiger partial charge < -0.3 is 14.1 Å². The van der Waals surface area contributed by atoms with Gasteiger partial charge in [0, 0.05) is 11.1 Å². The van der Waals surface area contributed by atoms with E-state index in [1.165, 1.54) is 0 Å².